The van der Waals surface area contributed by atoms with Crippen LogP contribution >= 0.6 is 11.6 Å². The summed E-state index contributed by atoms with van der Waals surface area (Å²) in [4.78, 5) is 12.8. The smallest absolute Gasteiger partial charge is 0.276 e. The van der Waals surface area contributed by atoms with Crippen molar-refractivity contribution in [3.63, 3.8) is 0 Å². The Bertz CT molecular complexity index is 1030. The molecule has 1 aliphatic carbocycles. The van der Waals surface area contributed by atoms with Crippen LogP contribution in [0.25, 0.3) is 5.69 Å². The molecule has 0 saturated heterocycles. The molecular weight excluding hydrogens is 367 g/mol. The fourth-order valence-corrected chi connectivity index (χ4v) is 3.53. The van der Waals surface area contributed by atoms with Gasteiger partial charge < -0.3 is 11.1 Å². The van der Waals surface area contributed by atoms with E-state index >= 15 is 0 Å². The molecule has 27 heavy (non-hydrogen) atoms. The Morgan fingerprint density at radius 2 is 2.11 bits per heavy atom. The first-order valence-corrected chi connectivity index (χ1v) is 9.11. The van der Waals surface area contributed by atoms with Crippen molar-refractivity contribution in [3.05, 3.63) is 75.8 Å². The second kappa shape index (κ2) is 7.13. The molecule has 0 saturated carbocycles. The Hall–Kier alpha value is -2.70. The molecule has 3 N–H and O–H groups in total. The summed E-state index contributed by atoms with van der Waals surface area (Å²) in [5, 5.41) is 7.42. The molecule has 0 atom stereocenters. The molecule has 2 aromatic carbocycles. The van der Waals surface area contributed by atoms with E-state index in [-0.39, 0.29) is 10.9 Å². The second-order valence-electron chi connectivity index (χ2n) is 6.50. The summed E-state index contributed by atoms with van der Waals surface area (Å²) in [6.07, 6.45) is 2.51. The molecule has 0 spiro atoms. The fourth-order valence-electron chi connectivity index (χ4n) is 3.42. The normalized spacial score (nSPS) is 12.9. The third-order valence-corrected chi connectivity index (χ3v) is 5.02. The van der Waals surface area contributed by atoms with Gasteiger partial charge in [-0.25, -0.2) is 9.07 Å². The van der Waals surface area contributed by atoms with E-state index in [9.17, 15) is 9.18 Å². The number of nitrogens with two attached hydrogens (primary N) is 1. The average Bonchev–Trinajstić information content (AvgIpc) is 3.27. The van der Waals surface area contributed by atoms with Crippen LogP contribution in [0.1, 0.15) is 33.7 Å². The minimum atomic E-state index is -0.513. The maximum Gasteiger partial charge on any atom is 0.276 e. The summed E-state index contributed by atoms with van der Waals surface area (Å²) in [6.45, 7) is 0.399. The molecule has 138 valence electrons. The van der Waals surface area contributed by atoms with Gasteiger partial charge >= 0.3 is 0 Å². The lowest BCUT2D eigenvalue weighted by atomic mass is 10.1. The van der Waals surface area contributed by atoms with Gasteiger partial charge in [-0.05, 0) is 49.1 Å². The zero-order valence-corrected chi connectivity index (χ0v) is 15.3. The standard InChI is InChI=1S/C20H18ClFN4O/c21-16-8-7-14(10-17(16)22)26-18-6-2-5-15(18)19(25-26)20(27)24-13-4-1-3-12(9-13)11-23/h1,3-4,7-10H,2,5-6,11,23H2,(H,24,27). The molecule has 5 nitrogen and oxygen atoms in total. The van der Waals surface area contributed by atoms with E-state index in [2.05, 4.69) is 10.4 Å². The van der Waals surface area contributed by atoms with E-state index in [1.54, 1.807) is 10.7 Å². The van der Waals surface area contributed by atoms with Crippen LogP contribution in [0.5, 0.6) is 0 Å². The van der Waals surface area contributed by atoms with Crippen LogP contribution in [0.3, 0.4) is 0 Å². The van der Waals surface area contributed by atoms with Crippen LogP contribution in [0.15, 0.2) is 42.5 Å². The number of carbonyl (C=O) groups is 1. The Kier molecular flexibility index (Phi) is 4.68. The molecule has 0 radical (unpaired) electrons. The average molecular weight is 385 g/mol. The zero-order valence-electron chi connectivity index (χ0n) is 14.5. The molecule has 7 heteroatoms. The monoisotopic (exact) mass is 384 g/mol. The Morgan fingerprint density at radius 3 is 2.89 bits per heavy atom. The molecule has 1 aromatic heterocycles. The maximum absolute atomic E-state index is 13.9. The van der Waals surface area contributed by atoms with Gasteiger partial charge in [0.1, 0.15) is 5.82 Å². The van der Waals surface area contributed by atoms with Gasteiger partial charge in [-0.1, -0.05) is 23.7 Å². The van der Waals surface area contributed by atoms with E-state index in [4.69, 9.17) is 17.3 Å². The van der Waals surface area contributed by atoms with Crippen molar-refractivity contribution in [2.24, 2.45) is 5.73 Å². The molecule has 3 aromatic rings. The molecule has 0 bridgehead atoms. The summed E-state index contributed by atoms with van der Waals surface area (Å²) < 4.78 is 15.5. The number of nitrogens with zero attached hydrogens (tertiary/aromatic N) is 2. The maximum atomic E-state index is 13.9. The van der Waals surface area contributed by atoms with Crippen LogP contribution in [-0.4, -0.2) is 15.7 Å². The highest BCUT2D eigenvalue weighted by Gasteiger charge is 2.27. The summed E-state index contributed by atoms with van der Waals surface area (Å²) in [5.74, 6) is -0.795. The van der Waals surface area contributed by atoms with Crippen molar-refractivity contribution in [2.75, 3.05) is 5.32 Å². The molecule has 1 heterocycles. The SMILES string of the molecule is NCc1cccc(NC(=O)c2nn(-c3ccc(Cl)c(F)c3)c3c2CCC3)c1. The lowest BCUT2D eigenvalue weighted by Crippen LogP contribution is -2.15. The number of hydrogen-bond donors (Lipinski definition) is 2. The second-order valence-corrected chi connectivity index (χ2v) is 6.90. The van der Waals surface area contributed by atoms with Gasteiger partial charge in [0.2, 0.25) is 0 Å². The predicted molar refractivity (Wildman–Crippen MR) is 103 cm³/mol. The number of anilines is 1. The number of rotatable bonds is 4. The first-order valence-electron chi connectivity index (χ1n) is 8.73. The van der Waals surface area contributed by atoms with E-state index in [0.717, 1.165) is 36.1 Å². The predicted octanol–water partition coefficient (Wildman–Crippen LogP) is 3.86. The van der Waals surface area contributed by atoms with Crippen LogP contribution < -0.4 is 11.1 Å². The van der Waals surface area contributed by atoms with Crippen LogP contribution in [-0.2, 0) is 19.4 Å². The number of carbonyl (C=O) groups excluding carboxylic acids is 1. The number of amides is 1. The number of halogens is 2. The van der Waals surface area contributed by atoms with E-state index in [0.29, 0.717) is 23.6 Å². The van der Waals surface area contributed by atoms with Crippen molar-refractivity contribution in [3.8, 4) is 5.69 Å². The summed E-state index contributed by atoms with van der Waals surface area (Å²) in [5.41, 5.74) is 10.0. The zero-order chi connectivity index (χ0) is 19.0. The fraction of sp³-hybridized carbons (Fsp3) is 0.200. The third kappa shape index (κ3) is 3.34. The van der Waals surface area contributed by atoms with Gasteiger partial charge in [-0.15, -0.1) is 0 Å². The Balaban J connectivity index is 1.69. The molecule has 4 rings (SSSR count). The first kappa shape index (κ1) is 17.7. The topological polar surface area (TPSA) is 72.9 Å². The molecule has 0 fully saturated rings. The van der Waals surface area contributed by atoms with Crippen LogP contribution in [0, 0.1) is 5.82 Å². The number of benzene rings is 2. The van der Waals surface area contributed by atoms with Gasteiger partial charge in [0.05, 0.1) is 10.7 Å². The number of hydrogen-bond acceptors (Lipinski definition) is 3. The van der Waals surface area contributed by atoms with Gasteiger partial charge in [0, 0.05) is 29.6 Å². The number of fused-ring (bicyclic) bond motifs is 1. The van der Waals surface area contributed by atoms with Crippen molar-refractivity contribution < 1.29 is 9.18 Å². The molecule has 1 amide bonds. The number of nitrogens with one attached hydrogen (secondary N) is 1. The van der Waals surface area contributed by atoms with Crippen molar-refractivity contribution in [1.29, 1.82) is 0 Å². The first-order chi connectivity index (χ1) is 13.1. The lowest BCUT2D eigenvalue weighted by molar-refractivity contribution is 0.102. The Morgan fingerprint density at radius 1 is 1.26 bits per heavy atom. The van der Waals surface area contributed by atoms with Gasteiger partial charge in [-0.3, -0.25) is 4.79 Å². The van der Waals surface area contributed by atoms with Crippen molar-refractivity contribution in [2.45, 2.75) is 25.8 Å². The summed E-state index contributed by atoms with van der Waals surface area (Å²) >= 11 is 5.78. The molecule has 0 aliphatic heterocycles. The molecule has 1 aliphatic rings. The van der Waals surface area contributed by atoms with Crippen LogP contribution in [0.2, 0.25) is 5.02 Å². The van der Waals surface area contributed by atoms with Gasteiger partial charge in [-0.2, -0.15) is 5.10 Å². The quantitative estimate of drug-likeness (QED) is 0.717. The van der Waals surface area contributed by atoms with Crippen molar-refractivity contribution >= 4 is 23.2 Å². The molecule has 0 unspecified atom stereocenters. The number of aromatic nitrogens is 2. The van der Waals surface area contributed by atoms with E-state index in [1.165, 1.54) is 12.1 Å². The third-order valence-electron chi connectivity index (χ3n) is 4.71. The highest BCUT2D eigenvalue weighted by atomic mass is 35.5. The van der Waals surface area contributed by atoms with Crippen molar-refractivity contribution in [1.82, 2.24) is 9.78 Å². The highest BCUT2D eigenvalue weighted by Crippen LogP contribution is 2.29. The lowest BCUT2D eigenvalue weighted by Gasteiger charge is -2.07. The largest absolute Gasteiger partial charge is 0.326 e. The van der Waals surface area contributed by atoms with Crippen LogP contribution in [0.4, 0.5) is 10.1 Å². The minimum Gasteiger partial charge on any atom is -0.326 e. The summed E-state index contributed by atoms with van der Waals surface area (Å²) in [7, 11) is 0. The summed E-state index contributed by atoms with van der Waals surface area (Å²) in [6, 6.07) is 11.9. The van der Waals surface area contributed by atoms with Gasteiger partial charge in [0.25, 0.3) is 5.91 Å². The molecular formula is C20H18ClFN4O. The highest BCUT2D eigenvalue weighted by molar-refractivity contribution is 6.30. The van der Waals surface area contributed by atoms with E-state index in [1.807, 2.05) is 24.3 Å². The van der Waals surface area contributed by atoms with Gasteiger partial charge in [0.15, 0.2) is 5.69 Å². The minimum absolute atomic E-state index is 0.0558. The Labute approximate surface area is 160 Å². The van der Waals surface area contributed by atoms with E-state index < -0.39 is 5.82 Å².